The summed E-state index contributed by atoms with van der Waals surface area (Å²) in [5, 5.41) is 2.88. The molecule has 1 aliphatic rings. The van der Waals surface area contributed by atoms with E-state index in [4.69, 9.17) is 0 Å². The van der Waals surface area contributed by atoms with Gasteiger partial charge in [0.2, 0.25) is 15.9 Å². The molecule has 0 unspecified atom stereocenters. The molecule has 1 N–H and O–H groups in total. The van der Waals surface area contributed by atoms with Crippen molar-refractivity contribution >= 4 is 21.6 Å². The molecular formula is C20H24N2O3S. The number of piperidine rings is 1. The highest BCUT2D eigenvalue weighted by atomic mass is 32.2. The molecule has 1 saturated heterocycles. The zero-order chi connectivity index (χ0) is 18.6. The number of amides is 1. The Morgan fingerprint density at radius 1 is 1.12 bits per heavy atom. The van der Waals surface area contributed by atoms with Crippen molar-refractivity contribution in [2.45, 2.75) is 43.5 Å². The van der Waals surface area contributed by atoms with E-state index >= 15 is 0 Å². The third kappa shape index (κ3) is 4.31. The quantitative estimate of drug-likeness (QED) is 0.872. The predicted octanol–water partition coefficient (Wildman–Crippen LogP) is 3.57. The first-order valence-corrected chi connectivity index (χ1v) is 10.3. The van der Waals surface area contributed by atoms with Crippen LogP contribution in [0, 0.1) is 6.92 Å². The van der Waals surface area contributed by atoms with Crippen LogP contribution in [-0.4, -0.2) is 31.2 Å². The molecule has 0 saturated carbocycles. The van der Waals surface area contributed by atoms with Crippen LogP contribution in [-0.2, 0) is 14.8 Å². The smallest absolute Gasteiger partial charge is 0.243 e. The molecule has 0 aliphatic carbocycles. The molecule has 5 nitrogen and oxygen atoms in total. The predicted molar refractivity (Wildman–Crippen MR) is 102 cm³/mol. The summed E-state index contributed by atoms with van der Waals surface area (Å²) in [6.45, 7) is 2.42. The monoisotopic (exact) mass is 372 g/mol. The molecule has 0 spiro atoms. The molecule has 1 heterocycles. The summed E-state index contributed by atoms with van der Waals surface area (Å²) in [6, 6.07) is 15.7. The van der Waals surface area contributed by atoms with Gasteiger partial charge in [-0.25, -0.2) is 8.42 Å². The third-order valence-electron chi connectivity index (χ3n) is 4.65. The van der Waals surface area contributed by atoms with Crippen molar-refractivity contribution in [2.75, 3.05) is 11.9 Å². The number of carbonyl (C=O) groups is 1. The molecular weight excluding hydrogens is 348 g/mol. The van der Waals surface area contributed by atoms with Crippen molar-refractivity contribution in [2.24, 2.45) is 0 Å². The fourth-order valence-corrected chi connectivity index (χ4v) is 5.08. The highest BCUT2D eigenvalue weighted by molar-refractivity contribution is 7.89. The van der Waals surface area contributed by atoms with Gasteiger partial charge < -0.3 is 5.32 Å². The molecule has 1 aliphatic heterocycles. The molecule has 2 aromatic rings. The zero-order valence-corrected chi connectivity index (χ0v) is 15.7. The van der Waals surface area contributed by atoms with E-state index in [9.17, 15) is 13.2 Å². The zero-order valence-electron chi connectivity index (χ0n) is 14.9. The molecule has 2 aromatic carbocycles. The minimum Gasteiger partial charge on any atom is -0.326 e. The van der Waals surface area contributed by atoms with Crippen molar-refractivity contribution < 1.29 is 13.2 Å². The Morgan fingerprint density at radius 3 is 2.62 bits per heavy atom. The molecule has 3 rings (SSSR count). The van der Waals surface area contributed by atoms with Gasteiger partial charge in [0.1, 0.15) is 0 Å². The second-order valence-corrected chi connectivity index (χ2v) is 8.59. The maximum absolute atomic E-state index is 13.0. The average Bonchev–Trinajstić information content (AvgIpc) is 2.63. The van der Waals surface area contributed by atoms with E-state index in [-0.39, 0.29) is 23.3 Å². The summed E-state index contributed by atoms with van der Waals surface area (Å²) in [5.41, 5.74) is 1.80. The molecule has 0 radical (unpaired) electrons. The van der Waals surface area contributed by atoms with E-state index in [0.717, 1.165) is 24.1 Å². The number of nitrogens with zero attached hydrogens (tertiary/aromatic N) is 1. The van der Waals surface area contributed by atoms with Gasteiger partial charge >= 0.3 is 0 Å². The second-order valence-electron chi connectivity index (χ2n) is 6.70. The molecule has 1 amide bonds. The van der Waals surface area contributed by atoms with Crippen LogP contribution in [0.25, 0.3) is 0 Å². The molecule has 6 heteroatoms. The molecule has 26 heavy (non-hydrogen) atoms. The van der Waals surface area contributed by atoms with Gasteiger partial charge in [-0.05, 0) is 49.6 Å². The van der Waals surface area contributed by atoms with Gasteiger partial charge in [0.25, 0.3) is 0 Å². The van der Waals surface area contributed by atoms with Crippen LogP contribution in [0.15, 0.2) is 59.5 Å². The van der Waals surface area contributed by atoms with E-state index in [0.29, 0.717) is 13.0 Å². The Kier molecular flexibility index (Phi) is 5.74. The van der Waals surface area contributed by atoms with Crippen molar-refractivity contribution in [1.82, 2.24) is 4.31 Å². The number of benzene rings is 2. The highest BCUT2D eigenvalue weighted by Crippen LogP contribution is 2.27. The summed E-state index contributed by atoms with van der Waals surface area (Å²) >= 11 is 0. The van der Waals surface area contributed by atoms with Gasteiger partial charge in [0.05, 0.1) is 4.90 Å². The van der Waals surface area contributed by atoms with Crippen LogP contribution < -0.4 is 5.32 Å². The summed E-state index contributed by atoms with van der Waals surface area (Å²) in [6.07, 6.45) is 2.62. The largest absolute Gasteiger partial charge is 0.326 e. The van der Waals surface area contributed by atoms with Crippen LogP contribution in [0.4, 0.5) is 5.69 Å². The molecule has 0 bridgehead atoms. The highest BCUT2D eigenvalue weighted by Gasteiger charge is 2.34. The summed E-state index contributed by atoms with van der Waals surface area (Å²) in [4.78, 5) is 12.8. The van der Waals surface area contributed by atoms with E-state index in [1.165, 1.54) is 4.31 Å². The van der Waals surface area contributed by atoms with Gasteiger partial charge in [0, 0.05) is 24.7 Å². The Morgan fingerprint density at radius 2 is 1.88 bits per heavy atom. The lowest BCUT2D eigenvalue weighted by Crippen LogP contribution is -2.45. The van der Waals surface area contributed by atoms with E-state index in [2.05, 4.69) is 5.32 Å². The number of nitrogens with one attached hydrogen (secondary N) is 1. The molecule has 0 aromatic heterocycles. The first-order chi connectivity index (χ1) is 12.5. The maximum Gasteiger partial charge on any atom is 0.243 e. The number of anilines is 1. The Labute approximate surface area is 155 Å². The van der Waals surface area contributed by atoms with E-state index < -0.39 is 10.0 Å². The average molecular weight is 372 g/mol. The van der Waals surface area contributed by atoms with Gasteiger partial charge in [-0.15, -0.1) is 0 Å². The number of sulfonamides is 1. The topological polar surface area (TPSA) is 66.5 Å². The van der Waals surface area contributed by atoms with Crippen molar-refractivity contribution in [3.63, 3.8) is 0 Å². The first-order valence-electron chi connectivity index (χ1n) is 8.90. The summed E-state index contributed by atoms with van der Waals surface area (Å²) < 4.78 is 27.5. The Balaban J connectivity index is 1.74. The Bertz CT molecular complexity index is 866. The molecule has 138 valence electrons. The van der Waals surface area contributed by atoms with Gasteiger partial charge in [-0.1, -0.05) is 36.8 Å². The standard InChI is InChI=1S/C20H24N2O3S/c1-16-8-7-9-17(14-16)21-20(23)15-18-10-5-6-13-22(18)26(24,25)19-11-3-2-4-12-19/h2-4,7-9,11-12,14,18H,5-6,10,13,15H2,1H3,(H,21,23)/t18-/m1/s1. The number of hydrogen-bond donors (Lipinski definition) is 1. The van der Waals surface area contributed by atoms with E-state index in [1.54, 1.807) is 30.3 Å². The lowest BCUT2D eigenvalue weighted by Gasteiger charge is -2.34. The lowest BCUT2D eigenvalue weighted by atomic mass is 10.0. The van der Waals surface area contributed by atoms with Gasteiger partial charge in [-0.3, -0.25) is 4.79 Å². The molecule has 1 fully saturated rings. The summed E-state index contributed by atoms with van der Waals surface area (Å²) in [7, 11) is -3.58. The maximum atomic E-state index is 13.0. The number of rotatable bonds is 5. The van der Waals surface area contributed by atoms with Gasteiger partial charge in [-0.2, -0.15) is 4.31 Å². The van der Waals surface area contributed by atoms with Crippen molar-refractivity contribution in [3.05, 3.63) is 60.2 Å². The lowest BCUT2D eigenvalue weighted by molar-refractivity contribution is -0.117. The van der Waals surface area contributed by atoms with Crippen LogP contribution >= 0.6 is 0 Å². The third-order valence-corrected chi connectivity index (χ3v) is 6.61. The van der Waals surface area contributed by atoms with Crippen molar-refractivity contribution in [3.8, 4) is 0 Å². The van der Waals surface area contributed by atoms with Crippen molar-refractivity contribution in [1.29, 1.82) is 0 Å². The van der Waals surface area contributed by atoms with Crippen LogP contribution in [0.3, 0.4) is 0 Å². The van der Waals surface area contributed by atoms with Crippen LogP contribution in [0.2, 0.25) is 0 Å². The SMILES string of the molecule is Cc1cccc(NC(=O)C[C@H]2CCCCN2S(=O)(=O)c2ccccc2)c1. The van der Waals surface area contributed by atoms with Crippen LogP contribution in [0.5, 0.6) is 0 Å². The number of carbonyl (C=O) groups excluding carboxylic acids is 1. The normalized spacial score (nSPS) is 18.4. The second kappa shape index (κ2) is 8.01. The van der Waals surface area contributed by atoms with E-state index in [1.807, 2.05) is 31.2 Å². The number of aryl methyl sites for hydroxylation is 1. The van der Waals surface area contributed by atoms with Gasteiger partial charge in [0.15, 0.2) is 0 Å². The fraction of sp³-hybridized carbons (Fsp3) is 0.350. The molecule has 1 atom stereocenters. The summed E-state index contributed by atoms with van der Waals surface area (Å²) in [5.74, 6) is -0.157. The fourth-order valence-electron chi connectivity index (χ4n) is 3.37. The minimum absolute atomic E-state index is 0.157. The van der Waals surface area contributed by atoms with Crippen LogP contribution in [0.1, 0.15) is 31.2 Å². The minimum atomic E-state index is -3.58. The number of hydrogen-bond acceptors (Lipinski definition) is 3. The Hall–Kier alpha value is -2.18. The first kappa shape index (κ1) is 18.6.